The Labute approximate surface area is 147 Å². The highest BCUT2D eigenvalue weighted by atomic mass is 16.2. The van der Waals surface area contributed by atoms with E-state index >= 15 is 0 Å². The number of aromatic nitrogens is 2. The molecule has 0 aliphatic carbocycles. The lowest BCUT2D eigenvalue weighted by Gasteiger charge is -2.31. The monoisotopic (exact) mass is 340 g/mol. The van der Waals surface area contributed by atoms with Gasteiger partial charge in [0.15, 0.2) is 0 Å². The Kier molecular flexibility index (Phi) is 5.60. The summed E-state index contributed by atoms with van der Waals surface area (Å²) in [6.45, 7) is 4.06. The SMILES string of the molecule is Cc1ccc(C(=O)N(Cc2ccccn2)C2CCCNCC2)c(=O)[nH]1. The fraction of sp³-hybridized carbons (Fsp3) is 0.421. The number of rotatable bonds is 4. The molecule has 3 rings (SSSR count). The van der Waals surface area contributed by atoms with E-state index in [9.17, 15) is 9.59 Å². The first kappa shape index (κ1) is 17.4. The van der Waals surface area contributed by atoms with Crippen LogP contribution in [-0.4, -0.2) is 39.9 Å². The molecule has 25 heavy (non-hydrogen) atoms. The van der Waals surface area contributed by atoms with Gasteiger partial charge in [-0.05, 0) is 63.5 Å². The molecule has 1 saturated heterocycles. The molecule has 0 aromatic carbocycles. The summed E-state index contributed by atoms with van der Waals surface area (Å²) in [5.74, 6) is -0.223. The Morgan fingerprint density at radius 2 is 2.12 bits per heavy atom. The quantitative estimate of drug-likeness (QED) is 0.890. The number of hydrogen-bond acceptors (Lipinski definition) is 4. The molecule has 2 aromatic heterocycles. The molecule has 0 saturated carbocycles. The van der Waals surface area contributed by atoms with Crippen LogP contribution < -0.4 is 10.9 Å². The molecule has 0 bridgehead atoms. The van der Waals surface area contributed by atoms with Gasteiger partial charge in [0, 0.05) is 17.9 Å². The third-order valence-electron chi connectivity index (χ3n) is 4.59. The molecule has 6 nitrogen and oxygen atoms in total. The second-order valence-electron chi connectivity index (χ2n) is 6.47. The number of aryl methyl sites for hydroxylation is 1. The van der Waals surface area contributed by atoms with E-state index in [1.54, 1.807) is 25.3 Å². The van der Waals surface area contributed by atoms with E-state index in [4.69, 9.17) is 0 Å². The zero-order valence-corrected chi connectivity index (χ0v) is 14.5. The van der Waals surface area contributed by atoms with Crippen LogP contribution in [0.15, 0.2) is 41.3 Å². The van der Waals surface area contributed by atoms with Crippen molar-refractivity contribution < 1.29 is 4.79 Å². The van der Waals surface area contributed by atoms with Crippen LogP contribution in [0.25, 0.3) is 0 Å². The lowest BCUT2D eigenvalue weighted by atomic mass is 10.1. The Morgan fingerprint density at radius 1 is 1.24 bits per heavy atom. The molecule has 0 radical (unpaired) electrons. The van der Waals surface area contributed by atoms with Crippen molar-refractivity contribution in [3.8, 4) is 0 Å². The Morgan fingerprint density at radius 3 is 2.88 bits per heavy atom. The van der Waals surface area contributed by atoms with Crippen molar-refractivity contribution in [2.24, 2.45) is 0 Å². The summed E-state index contributed by atoms with van der Waals surface area (Å²) in [6, 6.07) is 9.17. The van der Waals surface area contributed by atoms with Crippen LogP contribution in [0.3, 0.4) is 0 Å². The molecule has 2 aromatic rings. The number of pyridine rings is 2. The van der Waals surface area contributed by atoms with Gasteiger partial charge in [-0.25, -0.2) is 0 Å². The van der Waals surface area contributed by atoms with Crippen molar-refractivity contribution in [2.45, 2.75) is 38.8 Å². The highest BCUT2D eigenvalue weighted by Crippen LogP contribution is 2.18. The van der Waals surface area contributed by atoms with Gasteiger partial charge in [-0.3, -0.25) is 14.6 Å². The molecular formula is C19H24N4O2. The largest absolute Gasteiger partial charge is 0.330 e. The van der Waals surface area contributed by atoms with Gasteiger partial charge in [-0.1, -0.05) is 6.07 Å². The van der Waals surface area contributed by atoms with Gasteiger partial charge in [-0.2, -0.15) is 0 Å². The van der Waals surface area contributed by atoms with Crippen molar-refractivity contribution in [3.63, 3.8) is 0 Å². The standard InChI is InChI=1S/C19H24N4O2/c1-14-7-8-17(18(24)22-14)19(25)23(13-15-5-2-3-11-21-15)16-6-4-10-20-12-9-16/h2-3,5,7-8,11,16,20H,4,6,9-10,12-13H2,1H3,(H,22,24). The molecular weight excluding hydrogens is 316 g/mol. The third-order valence-corrected chi connectivity index (χ3v) is 4.59. The molecule has 1 atom stereocenters. The van der Waals surface area contributed by atoms with Gasteiger partial charge in [0.1, 0.15) is 5.56 Å². The van der Waals surface area contributed by atoms with Crippen molar-refractivity contribution in [1.29, 1.82) is 0 Å². The fourth-order valence-corrected chi connectivity index (χ4v) is 3.24. The van der Waals surface area contributed by atoms with Crippen molar-refractivity contribution in [3.05, 3.63) is 63.8 Å². The topological polar surface area (TPSA) is 78.1 Å². The molecule has 1 fully saturated rings. The summed E-state index contributed by atoms with van der Waals surface area (Å²) in [6.07, 6.45) is 4.55. The number of carbonyl (C=O) groups excluding carboxylic acids is 1. The highest BCUT2D eigenvalue weighted by Gasteiger charge is 2.27. The number of H-pyrrole nitrogens is 1. The van der Waals surface area contributed by atoms with E-state index in [0.717, 1.165) is 43.7 Å². The fourth-order valence-electron chi connectivity index (χ4n) is 3.24. The van der Waals surface area contributed by atoms with E-state index in [2.05, 4.69) is 15.3 Å². The summed E-state index contributed by atoms with van der Waals surface area (Å²) in [5, 5.41) is 3.37. The van der Waals surface area contributed by atoms with Crippen molar-refractivity contribution in [1.82, 2.24) is 20.2 Å². The van der Waals surface area contributed by atoms with Crippen molar-refractivity contribution in [2.75, 3.05) is 13.1 Å². The van der Waals surface area contributed by atoms with Crippen molar-refractivity contribution >= 4 is 5.91 Å². The van der Waals surface area contributed by atoms with Crippen LogP contribution in [0.2, 0.25) is 0 Å². The maximum Gasteiger partial charge on any atom is 0.260 e. The summed E-state index contributed by atoms with van der Waals surface area (Å²) in [7, 11) is 0. The van der Waals surface area contributed by atoms with E-state index in [-0.39, 0.29) is 23.1 Å². The lowest BCUT2D eigenvalue weighted by molar-refractivity contribution is 0.0640. The van der Waals surface area contributed by atoms with Gasteiger partial charge >= 0.3 is 0 Å². The van der Waals surface area contributed by atoms with E-state index < -0.39 is 0 Å². The van der Waals surface area contributed by atoms with Gasteiger partial charge in [-0.15, -0.1) is 0 Å². The summed E-state index contributed by atoms with van der Waals surface area (Å²) >= 11 is 0. The average Bonchev–Trinajstić information content (AvgIpc) is 2.89. The number of nitrogens with one attached hydrogen (secondary N) is 2. The van der Waals surface area contributed by atoms with E-state index in [1.165, 1.54) is 0 Å². The molecule has 2 N–H and O–H groups in total. The molecule has 3 heterocycles. The van der Waals surface area contributed by atoms with Gasteiger partial charge in [0.05, 0.1) is 12.2 Å². The van der Waals surface area contributed by atoms with Crippen LogP contribution in [0, 0.1) is 6.92 Å². The zero-order chi connectivity index (χ0) is 17.6. The number of nitrogens with zero attached hydrogens (tertiary/aromatic N) is 2. The maximum atomic E-state index is 13.2. The number of amides is 1. The second-order valence-corrected chi connectivity index (χ2v) is 6.47. The summed E-state index contributed by atoms with van der Waals surface area (Å²) in [5.41, 5.74) is 1.44. The molecule has 1 aliphatic rings. The number of aromatic amines is 1. The predicted molar refractivity (Wildman–Crippen MR) is 96.4 cm³/mol. The molecule has 6 heteroatoms. The van der Waals surface area contributed by atoms with E-state index in [1.807, 2.05) is 23.1 Å². The molecule has 1 aliphatic heterocycles. The van der Waals surface area contributed by atoms with Gasteiger partial charge < -0.3 is 15.2 Å². The van der Waals surface area contributed by atoms with Crippen LogP contribution in [0.1, 0.15) is 41.0 Å². The minimum Gasteiger partial charge on any atom is -0.330 e. The smallest absolute Gasteiger partial charge is 0.260 e. The lowest BCUT2D eigenvalue weighted by Crippen LogP contribution is -2.42. The van der Waals surface area contributed by atoms with Crippen LogP contribution >= 0.6 is 0 Å². The zero-order valence-electron chi connectivity index (χ0n) is 14.5. The van der Waals surface area contributed by atoms with Gasteiger partial charge in [0.2, 0.25) is 0 Å². The number of hydrogen-bond donors (Lipinski definition) is 2. The predicted octanol–water partition coefficient (Wildman–Crippen LogP) is 1.86. The first-order chi connectivity index (χ1) is 12.1. The third kappa shape index (κ3) is 4.33. The Hall–Kier alpha value is -2.47. The minimum absolute atomic E-state index is 0.102. The molecule has 1 amide bonds. The first-order valence-corrected chi connectivity index (χ1v) is 8.76. The highest BCUT2D eigenvalue weighted by molar-refractivity contribution is 5.94. The van der Waals surface area contributed by atoms with Crippen LogP contribution in [-0.2, 0) is 6.54 Å². The maximum absolute atomic E-state index is 13.2. The second kappa shape index (κ2) is 8.07. The minimum atomic E-state index is -0.331. The van der Waals surface area contributed by atoms with Gasteiger partial charge in [0.25, 0.3) is 11.5 Å². The van der Waals surface area contributed by atoms with Crippen LogP contribution in [0.5, 0.6) is 0 Å². The molecule has 132 valence electrons. The first-order valence-electron chi connectivity index (χ1n) is 8.76. The summed E-state index contributed by atoms with van der Waals surface area (Å²) in [4.78, 5) is 34.3. The Bertz CT molecular complexity index is 764. The average molecular weight is 340 g/mol. The van der Waals surface area contributed by atoms with E-state index in [0.29, 0.717) is 6.54 Å². The molecule has 1 unspecified atom stereocenters. The number of carbonyl (C=O) groups is 1. The molecule has 0 spiro atoms. The Balaban J connectivity index is 1.91. The van der Waals surface area contributed by atoms with Crippen LogP contribution in [0.4, 0.5) is 0 Å². The summed E-state index contributed by atoms with van der Waals surface area (Å²) < 4.78 is 0. The normalized spacial score (nSPS) is 17.7.